The third-order valence-corrected chi connectivity index (χ3v) is 4.12. The monoisotopic (exact) mass is 351 g/mol. The van der Waals surface area contributed by atoms with E-state index in [9.17, 15) is 9.59 Å². The van der Waals surface area contributed by atoms with Gasteiger partial charge in [0, 0.05) is 10.9 Å². The van der Waals surface area contributed by atoms with Crippen LogP contribution in [0.4, 0.5) is 4.79 Å². The lowest BCUT2D eigenvalue weighted by molar-refractivity contribution is -0.117. The SMILES string of the molecule is CC(C)NC(=O)NC(=O)CSc1n[nH]c(C=Cc2cccs2)n1. The molecule has 0 aliphatic rings. The molecule has 2 aromatic rings. The molecule has 0 aromatic carbocycles. The van der Waals surface area contributed by atoms with Crippen molar-refractivity contribution in [2.75, 3.05) is 5.75 Å². The van der Waals surface area contributed by atoms with Gasteiger partial charge in [0.05, 0.1) is 5.75 Å². The summed E-state index contributed by atoms with van der Waals surface area (Å²) in [5.41, 5.74) is 0. The van der Waals surface area contributed by atoms with E-state index in [1.54, 1.807) is 11.3 Å². The molecule has 0 bridgehead atoms. The third kappa shape index (κ3) is 6.25. The summed E-state index contributed by atoms with van der Waals surface area (Å²) >= 11 is 2.78. The zero-order valence-electron chi connectivity index (χ0n) is 12.7. The molecule has 3 N–H and O–H groups in total. The van der Waals surface area contributed by atoms with E-state index in [0.29, 0.717) is 11.0 Å². The van der Waals surface area contributed by atoms with Crippen LogP contribution in [0, 0.1) is 0 Å². The molecule has 0 aliphatic heterocycles. The molecule has 23 heavy (non-hydrogen) atoms. The fourth-order valence-corrected chi connectivity index (χ4v) is 2.76. The Labute approximate surface area is 142 Å². The minimum absolute atomic E-state index is 0.0267. The highest BCUT2D eigenvalue weighted by molar-refractivity contribution is 7.99. The van der Waals surface area contributed by atoms with Crippen molar-refractivity contribution >= 4 is 47.2 Å². The Bertz CT molecular complexity index is 679. The normalized spacial score (nSPS) is 11.1. The molecular formula is C14H17N5O2S2. The lowest BCUT2D eigenvalue weighted by Crippen LogP contribution is -2.43. The first-order valence-corrected chi connectivity index (χ1v) is 8.76. The van der Waals surface area contributed by atoms with Gasteiger partial charge in [-0.25, -0.2) is 9.78 Å². The van der Waals surface area contributed by atoms with Gasteiger partial charge in [-0.1, -0.05) is 17.8 Å². The molecule has 0 spiro atoms. The molecule has 9 heteroatoms. The number of nitrogens with zero attached hydrogens (tertiary/aromatic N) is 2. The van der Waals surface area contributed by atoms with Crippen LogP contribution in [0.25, 0.3) is 12.2 Å². The predicted molar refractivity (Wildman–Crippen MR) is 92.2 cm³/mol. The highest BCUT2D eigenvalue weighted by Crippen LogP contribution is 2.14. The number of carbonyl (C=O) groups is 2. The van der Waals surface area contributed by atoms with Gasteiger partial charge in [0.25, 0.3) is 0 Å². The van der Waals surface area contributed by atoms with Crippen LogP contribution in [0.2, 0.25) is 0 Å². The van der Waals surface area contributed by atoms with Gasteiger partial charge in [-0.2, -0.15) is 0 Å². The largest absolute Gasteiger partial charge is 0.336 e. The summed E-state index contributed by atoms with van der Waals surface area (Å²) in [7, 11) is 0. The topological polar surface area (TPSA) is 99.8 Å². The molecule has 7 nitrogen and oxygen atoms in total. The molecule has 3 amide bonds. The van der Waals surface area contributed by atoms with Crippen LogP contribution in [-0.2, 0) is 4.79 Å². The second kappa shape index (κ2) is 8.49. The van der Waals surface area contributed by atoms with Crippen molar-refractivity contribution < 1.29 is 9.59 Å². The van der Waals surface area contributed by atoms with Crippen molar-refractivity contribution in [2.45, 2.75) is 25.0 Å². The van der Waals surface area contributed by atoms with Gasteiger partial charge in [0.1, 0.15) is 5.82 Å². The number of thiophene rings is 1. The number of nitrogens with one attached hydrogen (secondary N) is 3. The molecule has 0 radical (unpaired) electrons. The third-order valence-electron chi connectivity index (χ3n) is 2.44. The second-order valence-electron chi connectivity index (χ2n) is 4.82. The van der Waals surface area contributed by atoms with Crippen molar-refractivity contribution in [2.24, 2.45) is 0 Å². The van der Waals surface area contributed by atoms with Crippen LogP contribution in [0.1, 0.15) is 24.5 Å². The Balaban J connectivity index is 1.78. The lowest BCUT2D eigenvalue weighted by Gasteiger charge is -2.08. The van der Waals surface area contributed by atoms with Gasteiger partial charge >= 0.3 is 6.03 Å². The maximum absolute atomic E-state index is 11.6. The Morgan fingerprint density at radius 2 is 2.26 bits per heavy atom. The molecule has 2 rings (SSSR count). The Kier molecular flexibility index (Phi) is 6.36. The molecule has 2 aromatic heterocycles. The lowest BCUT2D eigenvalue weighted by atomic mass is 10.4. The molecular weight excluding hydrogens is 334 g/mol. The van der Waals surface area contributed by atoms with Gasteiger partial charge in [-0.3, -0.25) is 15.2 Å². The van der Waals surface area contributed by atoms with Gasteiger partial charge in [-0.15, -0.1) is 16.4 Å². The number of urea groups is 1. The standard InChI is InChI=1S/C14H17N5O2S2/c1-9(2)15-13(21)17-12(20)8-23-14-16-11(18-19-14)6-5-10-4-3-7-22-10/h3-7,9H,8H2,1-2H3,(H,16,18,19)(H2,15,17,20,21). The first-order valence-electron chi connectivity index (χ1n) is 6.90. The number of amides is 3. The van der Waals surface area contributed by atoms with Crippen LogP contribution in [0.5, 0.6) is 0 Å². The first kappa shape index (κ1) is 17.2. The van der Waals surface area contributed by atoms with Crippen molar-refractivity contribution in [1.29, 1.82) is 0 Å². The summed E-state index contributed by atoms with van der Waals surface area (Å²) in [6, 6.07) is 3.45. The van der Waals surface area contributed by atoms with E-state index in [-0.39, 0.29) is 11.8 Å². The molecule has 0 aliphatic carbocycles. The Morgan fingerprint density at radius 1 is 1.43 bits per heavy atom. The molecule has 122 valence electrons. The minimum atomic E-state index is -0.500. The number of hydrogen-bond acceptors (Lipinski definition) is 6. The highest BCUT2D eigenvalue weighted by Gasteiger charge is 2.10. The molecule has 0 fully saturated rings. The fourth-order valence-electron chi connectivity index (χ4n) is 1.54. The minimum Gasteiger partial charge on any atom is -0.336 e. The zero-order valence-corrected chi connectivity index (χ0v) is 14.3. The smallest absolute Gasteiger partial charge is 0.321 e. The summed E-state index contributed by atoms with van der Waals surface area (Å²) in [4.78, 5) is 28.4. The summed E-state index contributed by atoms with van der Waals surface area (Å²) in [5.74, 6) is 0.282. The van der Waals surface area contributed by atoms with Crippen LogP contribution in [0.15, 0.2) is 22.7 Å². The Morgan fingerprint density at radius 3 is 2.96 bits per heavy atom. The van der Waals surface area contributed by atoms with Gasteiger partial charge < -0.3 is 5.32 Å². The number of imide groups is 1. The van der Waals surface area contributed by atoms with E-state index >= 15 is 0 Å². The van der Waals surface area contributed by atoms with Crippen molar-refractivity contribution in [3.63, 3.8) is 0 Å². The van der Waals surface area contributed by atoms with E-state index in [1.165, 1.54) is 0 Å². The summed E-state index contributed by atoms with van der Waals surface area (Å²) in [6.07, 6.45) is 3.75. The zero-order chi connectivity index (χ0) is 16.7. The number of aromatic amines is 1. The molecule has 0 unspecified atom stereocenters. The van der Waals surface area contributed by atoms with Crippen molar-refractivity contribution in [3.05, 3.63) is 28.2 Å². The van der Waals surface area contributed by atoms with E-state index in [4.69, 9.17) is 0 Å². The molecule has 2 heterocycles. The quantitative estimate of drug-likeness (QED) is 0.694. The second-order valence-corrected chi connectivity index (χ2v) is 6.74. The van der Waals surface area contributed by atoms with E-state index in [0.717, 1.165) is 16.6 Å². The Hall–Kier alpha value is -2.13. The van der Waals surface area contributed by atoms with Crippen LogP contribution < -0.4 is 10.6 Å². The van der Waals surface area contributed by atoms with E-state index in [2.05, 4.69) is 25.8 Å². The van der Waals surface area contributed by atoms with Crippen molar-refractivity contribution in [3.8, 4) is 0 Å². The maximum Gasteiger partial charge on any atom is 0.321 e. The van der Waals surface area contributed by atoms with Crippen LogP contribution in [-0.4, -0.2) is 38.9 Å². The average molecular weight is 351 g/mol. The fraction of sp³-hybridized carbons (Fsp3) is 0.286. The summed E-state index contributed by atoms with van der Waals surface area (Å²) in [6.45, 7) is 3.63. The van der Waals surface area contributed by atoms with Crippen LogP contribution >= 0.6 is 23.1 Å². The van der Waals surface area contributed by atoms with Crippen LogP contribution in [0.3, 0.4) is 0 Å². The highest BCUT2D eigenvalue weighted by atomic mass is 32.2. The van der Waals surface area contributed by atoms with Crippen molar-refractivity contribution in [1.82, 2.24) is 25.8 Å². The summed E-state index contributed by atoms with van der Waals surface area (Å²) < 4.78 is 0. The first-order chi connectivity index (χ1) is 11.0. The van der Waals surface area contributed by atoms with Gasteiger partial charge in [-0.05, 0) is 37.4 Å². The van der Waals surface area contributed by atoms with Gasteiger partial charge in [0.15, 0.2) is 0 Å². The van der Waals surface area contributed by atoms with E-state index < -0.39 is 11.9 Å². The average Bonchev–Trinajstić information content (AvgIpc) is 3.13. The molecule has 0 saturated heterocycles. The number of carbonyl (C=O) groups excluding carboxylic acids is 2. The summed E-state index contributed by atoms with van der Waals surface area (Å²) in [5, 5.41) is 14.1. The number of thioether (sulfide) groups is 1. The number of aromatic nitrogens is 3. The van der Waals surface area contributed by atoms with E-state index in [1.807, 2.05) is 43.5 Å². The number of hydrogen-bond donors (Lipinski definition) is 3. The number of rotatable bonds is 6. The molecule has 0 atom stereocenters. The predicted octanol–water partition coefficient (Wildman–Crippen LogP) is 2.36. The van der Waals surface area contributed by atoms with Gasteiger partial charge in [0.2, 0.25) is 11.1 Å². The molecule has 0 saturated carbocycles. The maximum atomic E-state index is 11.6. The number of H-pyrrole nitrogens is 1.